The number of amides is 2. The third-order valence-electron chi connectivity index (χ3n) is 5.17. The van der Waals surface area contributed by atoms with Crippen LogP contribution in [0.4, 0.5) is 18.9 Å². The van der Waals surface area contributed by atoms with Gasteiger partial charge in [0.05, 0.1) is 24.6 Å². The van der Waals surface area contributed by atoms with Crippen LogP contribution < -0.4 is 14.4 Å². The molecule has 0 saturated carbocycles. The Labute approximate surface area is 202 Å². The number of hydrogen-bond donors (Lipinski definition) is 1. The Balaban J connectivity index is 2.42. The molecule has 0 aliphatic rings. The van der Waals surface area contributed by atoms with E-state index in [0.717, 1.165) is 18.4 Å². The van der Waals surface area contributed by atoms with Crippen LogP contribution in [-0.2, 0) is 32.3 Å². The normalized spacial score (nSPS) is 12.5. The molecule has 0 unspecified atom stereocenters. The van der Waals surface area contributed by atoms with Crippen LogP contribution in [0.3, 0.4) is 0 Å². The first-order valence-corrected chi connectivity index (χ1v) is 12.5. The second kappa shape index (κ2) is 11.4. The van der Waals surface area contributed by atoms with Gasteiger partial charge < -0.3 is 15.0 Å². The number of benzene rings is 2. The molecule has 35 heavy (non-hydrogen) atoms. The zero-order chi connectivity index (χ0) is 26.4. The van der Waals surface area contributed by atoms with Crippen molar-refractivity contribution in [3.63, 3.8) is 0 Å². The third kappa shape index (κ3) is 7.61. The van der Waals surface area contributed by atoms with Crippen LogP contribution >= 0.6 is 0 Å². The summed E-state index contributed by atoms with van der Waals surface area (Å²) in [5.74, 6) is -0.641. The summed E-state index contributed by atoms with van der Waals surface area (Å²) in [6, 6.07) is 9.43. The number of hydrogen-bond acceptors (Lipinski definition) is 5. The van der Waals surface area contributed by atoms with Crippen molar-refractivity contribution >= 4 is 27.5 Å². The molecule has 0 bridgehead atoms. The summed E-state index contributed by atoms with van der Waals surface area (Å²) >= 11 is 0. The minimum absolute atomic E-state index is 0.0404. The van der Waals surface area contributed by atoms with E-state index in [0.29, 0.717) is 28.2 Å². The van der Waals surface area contributed by atoms with Gasteiger partial charge in [0.15, 0.2) is 0 Å². The Morgan fingerprint density at radius 1 is 1.11 bits per heavy atom. The minimum atomic E-state index is -4.70. The molecule has 2 aromatic carbocycles. The number of alkyl halides is 3. The summed E-state index contributed by atoms with van der Waals surface area (Å²) in [5, 5.41) is 2.61. The summed E-state index contributed by atoms with van der Waals surface area (Å²) in [4.78, 5) is 27.0. The molecule has 1 atom stereocenters. The Morgan fingerprint density at radius 3 is 2.26 bits per heavy atom. The lowest BCUT2D eigenvalue weighted by molar-refractivity contribution is -0.139. The van der Waals surface area contributed by atoms with Crippen LogP contribution in [0.25, 0.3) is 0 Å². The lowest BCUT2D eigenvalue weighted by atomic mass is 10.1. The van der Waals surface area contributed by atoms with Crippen molar-refractivity contribution in [1.82, 2.24) is 10.2 Å². The topological polar surface area (TPSA) is 96.0 Å². The smallest absolute Gasteiger partial charge is 0.416 e. The van der Waals surface area contributed by atoms with Crippen molar-refractivity contribution in [3.8, 4) is 5.75 Å². The van der Waals surface area contributed by atoms with E-state index in [-0.39, 0.29) is 12.2 Å². The molecule has 12 heteroatoms. The number of rotatable bonds is 10. The van der Waals surface area contributed by atoms with Gasteiger partial charge in [-0.15, -0.1) is 0 Å². The third-order valence-corrected chi connectivity index (χ3v) is 6.31. The van der Waals surface area contributed by atoms with E-state index in [1.54, 1.807) is 31.2 Å². The molecule has 8 nitrogen and oxygen atoms in total. The zero-order valence-corrected chi connectivity index (χ0v) is 20.6. The molecule has 2 rings (SSSR count). The van der Waals surface area contributed by atoms with Gasteiger partial charge in [-0.05, 0) is 49.7 Å². The van der Waals surface area contributed by atoms with Crippen LogP contribution in [0.5, 0.6) is 5.75 Å². The van der Waals surface area contributed by atoms with Gasteiger partial charge in [-0.25, -0.2) is 8.42 Å². The molecule has 1 N–H and O–H groups in total. The molecule has 0 spiro atoms. The summed E-state index contributed by atoms with van der Waals surface area (Å²) < 4.78 is 70.2. The largest absolute Gasteiger partial charge is 0.497 e. The number of sulfonamides is 1. The average Bonchev–Trinajstić information content (AvgIpc) is 2.79. The first-order chi connectivity index (χ1) is 16.3. The van der Waals surface area contributed by atoms with Gasteiger partial charge >= 0.3 is 6.18 Å². The van der Waals surface area contributed by atoms with Crippen LogP contribution in [0.1, 0.15) is 25.0 Å². The number of nitrogens with one attached hydrogen (secondary N) is 1. The van der Waals surface area contributed by atoms with E-state index in [1.807, 2.05) is 0 Å². The maximum Gasteiger partial charge on any atom is 0.416 e. The Hall–Kier alpha value is -3.28. The van der Waals surface area contributed by atoms with Crippen molar-refractivity contribution in [2.24, 2.45) is 0 Å². The molecule has 192 valence electrons. The first-order valence-electron chi connectivity index (χ1n) is 10.6. The minimum Gasteiger partial charge on any atom is -0.497 e. The highest BCUT2D eigenvalue weighted by Crippen LogP contribution is 2.32. The van der Waals surface area contributed by atoms with Gasteiger partial charge in [0.2, 0.25) is 21.8 Å². The molecule has 0 fully saturated rings. The quantitative estimate of drug-likeness (QED) is 0.525. The van der Waals surface area contributed by atoms with Crippen LogP contribution in [0, 0.1) is 0 Å². The molecule has 2 aromatic rings. The maximum absolute atomic E-state index is 13.3. The fraction of sp³-hybridized carbons (Fsp3) is 0.391. The van der Waals surface area contributed by atoms with E-state index >= 15 is 0 Å². The molecule has 0 aromatic heterocycles. The number of likely N-dealkylation sites (N-methyl/N-ethyl adjacent to an activating group) is 1. The Morgan fingerprint density at radius 2 is 1.74 bits per heavy atom. The van der Waals surface area contributed by atoms with Crippen molar-refractivity contribution in [2.45, 2.75) is 32.6 Å². The summed E-state index contributed by atoms with van der Waals surface area (Å²) in [6.07, 6.45) is -3.90. The van der Waals surface area contributed by atoms with Gasteiger partial charge in [-0.3, -0.25) is 13.9 Å². The Kier molecular flexibility index (Phi) is 9.13. The Bertz CT molecular complexity index is 1140. The van der Waals surface area contributed by atoms with Crippen molar-refractivity contribution in [2.75, 3.05) is 30.8 Å². The lowest BCUT2D eigenvalue weighted by Gasteiger charge is -2.31. The fourth-order valence-electron chi connectivity index (χ4n) is 3.28. The molecule has 0 aliphatic carbocycles. The first kappa shape index (κ1) is 28.0. The fourth-order valence-corrected chi connectivity index (χ4v) is 4.12. The second-order valence-corrected chi connectivity index (χ2v) is 9.66. The number of nitrogens with zero attached hydrogens (tertiary/aromatic N) is 2. The summed E-state index contributed by atoms with van der Waals surface area (Å²) in [7, 11) is -2.65. The summed E-state index contributed by atoms with van der Waals surface area (Å²) in [5.41, 5.74) is -0.729. The zero-order valence-electron chi connectivity index (χ0n) is 19.8. The molecular weight excluding hydrogens is 487 g/mol. The van der Waals surface area contributed by atoms with Gasteiger partial charge in [-0.1, -0.05) is 18.2 Å². The predicted octanol–water partition coefficient (Wildman–Crippen LogP) is 3.03. The van der Waals surface area contributed by atoms with Crippen LogP contribution in [-0.4, -0.2) is 57.6 Å². The van der Waals surface area contributed by atoms with Crippen molar-refractivity contribution in [3.05, 3.63) is 59.7 Å². The number of carbonyl (C=O) groups is 2. The van der Waals surface area contributed by atoms with E-state index < -0.39 is 46.2 Å². The number of methoxy groups -OCH3 is 1. The number of carbonyl (C=O) groups excluding carboxylic acids is 2. The molecule has 0 radical (unpaired) electrons. The molecule has 0 heterocycles. The van der Waals surface area contributed by atoms with E-state index in [9.17, 15) is 31.2 Å². The molecule has 0 aliphatic heterocycles. The number of ether oxygens (including phenoxy) is 1. The van der Waals surface area contributed by atoms with E-state index in [1.165, 1.54) is 25.0 Å². The van der Waals surface area contributed by atoms with E-state index in [2.05, 4.69) is 5.32 Å². The number of halogens is 3. The predicted molar refractivity (Wildman–Crippen MR) is 125 cm³/mol. The molecule has 0 saturated heterocycles. The SMILES string of the molecule is CCNC(=O)[C@@H](C)N(Cc1ccc(OC)cc1)C(=O)CN(c1cccc(C(F)(F)F)c1)S(C)(=O)=O. The highest BCUT2D eigenvalue weighted by atomic mass is 32.2. The van der Waals surface area contributed by atoms with Crippen LogP contribution in [0.15, 0.2) is 48.5 Å². The highest BCUT2D eigenvalue weighted by Gasteiger charge is 2.33. The average molecular weight is 516 g/mol. The van der Waals surface area contributed by atoms with Crippen LogP contribution in [0.2, 0.25) is 0 Å². The number of anilines is 1. The monoisotopic (exact) mass is 515 g/mol. The van der Waals surface area contributed by atoms with Gasteiger partial charge in [-0.2, -0.15) is 13.2 Å². The summed E-state index contributed by atoms with van der Waals surface area (Å²) in [6.45, 7) is 2.68. The van der Waals surface area contributed by atoms with Gasteiger partial charge in [0, 0.05) is 13.1 Å². The molecular formula is C23H28F3N3O5S. The van der Waals surface area contributed by atoms with E-state index in [4.69, 9.17) is 4.74 Å². The standard InChI is InChI=1S/C23H28F3N3O5S/c1-5-27-22(31)16(2)28(14-17-9-11-20(34-3)12-10-17)21(30)15-29(35(4,32)33)19-8-6-7-18(13-19)23(24,25)26/h6-13,16H,5,14-15H2,1-4H3,(H,27,31)/t16-/m1/s1. The highest BCUT2D eigenvalue weighted by molar-refractivity contribution is 7.92. The van der Waals surface area contributed by atoms with Crippen molar-refractivity contribution in [1.29, 1.82) is 0 Å². The lowest BCUT2D eigenvalue weighted by Crippen LogP contribution is -2.51. The van der Waals surface area contributed by atoms with Crippen molar-refractivity contribution < 1.29 is 35.9 Å². The molecule has 2 amide bonds. The van der Waals surface area contributed by atoms with Gasteiger partial charge in [0.25, 0.3) is 0 Å². The second-order valence-electron chi connectivity index (χ2n) is 7.76. The van der Waals surface area contributed by atoms with Gasteiger partial charge in [0.1, 0.15) is 18.3 Å². The maximum atomic E-state index is 13.3.